The van der Waals surface area contributed by atoms with Crippen LogP contribution >= 0.6 is 0 Å². The SMILES string of the molecule is NCCCCC(=O)Nc1ccccc1OCC(F)(F)F. The van der Waals surface area contributed by atoms with Crippen LogP contribution in [0.2, 0.25) is 0 Å². The minimum atomic E-state index is -4.42. The lowest BCUT2D eigenvalue weighted by atomic mass is 10.2. The molecule has 1 aromatic rings. The van der Waals surface area contributed by atoms with Gasteiger partial charge in [-0.2, -0.15) is 13.2 Å². The molecule has 0 radical (unpaired) electrons. The number of nitrogens with one attached hydrogen (secondary N) is 1. The van der Waals surface area contributed by atoms with Crippen molar-refractivity contribution in [3.05, 3.63) is 24.3 Å². The summed E-state index contributed by atoms with van der Waals surface area (Å²) in [6, 6.07) is 6.01. The normalized spacial score (nSPS) is 11.2. The van der Waals surface area contributed by atoms with E-state index in [1.54, 1.807) is 6.07 Å². The zero-order valence-electron chi connectivity index (χ0n) is 10.9. The number of unbranched alkanes of at least 4 members (excludes halogenated alkanes) is 1. The van der Waals surface area contributed by atoms with Gasteiger partial charge in [0.15, 0.2) is 6.61 Å². The zero-order chi connectivity index (χ0) is 15.0. The third-order valence-electron chi connectivity index (χ3n) is 2.41. The van der Waals surface area contributed by atoms with Gasteiger partial charge in [0.1, 0.15) is 5.75 Å². The van der Waals surface area contributed by atoms with Crippen molar-refractivity contribution in [1.29, 1.82) is 0 Å². The summed E-state index contributed by atoms with van der Waals surface area (Å²) < 4.78 is 41.0. The minimum Gasteiger partial charge on any atom is -0.482 e. The number of hydrogen-bond donors (Lipinski definition) is 2. The number of ether oxygens (including phenoxy) is 1. The van der Waals surface area contributed by atoms with Crippen LogP contribution in [0.5, 0.6) is 5.75 Å². The first kappa shape index (κ1) is 16.3. The van der Waals surface area contributed by atoms with Gasteiger partial charge in [-0.3, -0.25) is 4.79 Å². The van der Waals surface area contributed by atoms with Crippen LogP contribution < -0.4 is 15.8 Å². The molecule has 0 aliphatic heterocycles. The molecular weight excluding hydrogens is 273 g/mol. The molecule has 1 amide bonds. The van der Waals surface area contributed by atoms with Crippen LogP contribution in [-0.2, 0) is 4.79 Å². The standard InChI is InChI=1S/C13H17F3N2O2/c14-13(15,16)9-20-11-6-2-1-5-10(11)18-12(19)7-3-4-8-17/h1-2,5-6H,3-4,7-9,17H2,(H,18,19). The first-order chi connectivity index (χ1) is 9.42. The fraction of sp³-hybridized carbons (Fsp3) is 0.462. The molecule has 0 atom stereocenters. The van der Waals surface area contributed by atoms with E-state index in [0.29, 0.717) is 13.0 Å². The highest BCUT2D eigenvalue weighted by Gasteiger charge is 2.28. The van der Waals surface area contributed by atoms with Gasteiger partial charge in [-0.1, -0.05) is 12.1 Å². The number of amides is 1. The number of benzene rings is 1. The van der Waals surface area contributed by atoms with Crippen LogP contribution in [0.25, 0.3) is 0 Å². The predicted molar refractivity (Wildman–Crippen MR) is 69.5 cm³/mol. The predicted octanol–water partition coefficient (Wildman–Crippen LogP) is 2.70. The Morgan fingerprint density at radius 3 is 2.60 bits per heavy atom. The van der Waals surface area contributed by atoms with Crippen LogP contribution in [0.1, 0.15) is 19.3 Å². The molecule has 0 saturated heterocycles. The molecule has 0 bridgehead atoms. The molecule has 112 valence electrons. The lowest BCUT2D eigenvalue weighted by Gasteiger charge is -2.13. The van der Waals surface area contributed by atoms with E-state index in [1.165, 1.54) is 18.2 Å². The fourth-order valence-corrected chi connectivity index (χ4v) is 1.50. The third kappa shape index (κ3) is 6.42. The van der Waals surface area contributed by atoms with Gasteiger partial charge < -0.3 is 15.8 Å². The molecule has 7 heteroatoms. The number of alkyl halides is 3. The Kier molecular flexibility index (Phi) is 6.30. The quantitative estimate of drug-likeness (QED) is 0.759. The van der Waals surface area contributed by atoms with E-state index in [1.807, 2.05) is 0 Å². The summed E-state index contributed by atoms with van der Waals surface area (Å²) in [6.45, 7) is -0.897. The fourth-order valence-electron chi connectivity index (χ4n) is 1.50. The van der Waals surface area contributed by atoms with Gasteiger partial charge in [0.25, 0.3) is 0 Å². The van der Waals surface area contributed by atoms with Crippen molar-refractivity contribution in [3.8, 4) is 5.75 Å². The van der Waals surface area contributed by atoms with Gasteiger partial charge in [0, 0.05) is 6.42 Å². The molecule has 20 heavy (non-hydrogen) atoms. The Morgan fingerprint density at radius 1 is 1.25 bits per heavy atom. The maximum atomic E-state index is 12.1. The number of anilines is 1. The Hall–Kier alpha value is -1.76. The average molecular weight is 290 g/mol. The maximum absolute atomic E-state index is 12.1. The second-order valence-corrected chi connectivity index (χ2v) is 4.19. The van der Waals surface area contributed by atoms with Crippen LogP contribution in [-0.4, -0.2) is 25.2 Å². The number of nitrogens with two attached hydrogens (primary N) is 1. The van der Waals surface area contributed by atoms with Crippen LogP contribution in [0, 0.1) is 0 Å². The monoisotopic (exact) mass is 290 g/mol. The Labute approximate surface area is 115 Å². The largest absolute Gasteiger partial charge is 0.482 e. The van der Waals surface area contributed by atoms with E-state index < -0.39 is 12.8 Å². The molecule has 0 aliphatic carbocycles. The van der Waals surface area contributed by atoms with E-state index in [9.17, 15) is 18.0 Å². The van der Waals surface area contributed by atoms with E-state index in [2.05, 4.69) is 10.1 Å². The lowest BCUT2D eigenvalue weighted by molar-refractivity contribution is -0.153. The summed E-state index contributed by atoms with van der Waals surface area (Å²) in [6.07, 6.45) is -2.80. The van der Waals surface area contributed by atoms with Crippen LogP contribution in [0.15, 0.2) is 24.3 Å². The summed E-state index contributed by atoms with van der Waals surface area (Å²) in [5.74, 6) is -0.279. The summed E-state index contributed by atoms with van der Waals surface area (Å²) in [4.78, 5) is 11.6. The molecule has 0 fully saturated rings. The van der Waals surface area contributed by atoms with Crippen molar-refractivity contribution in [2.45, 2.75) is 25.4 Å². The van der Waals surface area contributed by atoms with E-state index >= 15 is 0 Å². The molecule has 3 N–H and O–H groups in total. The Morgan fingerprint density at radius 2 is 1.95 bits per heavy atom. The van der Waals surface area contributed by atoms with Gasteiger partial charge in [0.2, 0.25) is 5.91 Å². The van der Waals surface area contributed by atoms with Crippen molar-refractivity contribution in [2.24, 2.45) is 5.73 Å². The first-order valence-corrected chi connectivity index (χ1v) is 6.21. The number of carbonyl (C=O) groups excluding carboxylic acids is 1. The van der Waals surface area contributed by atoms with Crippen molar-refractivity contribution < 1.29 is 22.7 Å². The van der Waals surface area contributed by atoms with Gasteiger partial charge >= 0.3 is 6.18 Å². The Bertz CT molecular complexity index is 436. The first-order valence-electron chi connectivity index (χ1n) is 6.21. The second kappa shape index (κ2) is 7.74. The third-order valence-corrected chi connectivity index (χ3v) is 2.41. The number of carbonyl (C=O) groups is 1. The van der Waals surface area contributed by atoms with Gasteiger partial charge in [-0.05, 0) is 31.5 Å². The van der Waals surface area contributed by atoms with E-state index in [-0.39, 0.29) is 23.8 Å². The number of para-hydroxylation sites is 2. The molecule has 1 rings (SSSR count). The van der Waals surface area contributed by atoms with Crippen LogP contribution in [0.4, 0.5) is 18.9 Å². The smallest absolute Gasteiger partial charge is 0.422 e. The Balaban J connectivity index is 2.58. The maximum Gasteiger partial charge on any atom is 0.422 e. The van der Waals surface area contributed by atoms with Gasteiger partial charge in [-0.25, -0.2) is 0 Å². The van der Waals surface area contributed by atoms with E-state index in [4.69, 9.17) is 5.73 Å². The number of rotatable bonds is 7. The van der Waals surface area contributed by atoms with E-state index in [0.717, 1.165) is 6.42 Å². The average Bonchev–Trinajstić information content (AvgIpc) is 2.37. The molecule has 4 nitrogen and oxygen atoms in total. The highest BCUT2D eigenvalue weighted by Crippen LogP contribution is 2.26. The molecule has 1 aromatic carbocycles. The van der Waals surface area contributed by atoms with Crippen molar-refractivity contribution in [3.63, 3.8) is 0 Å². The number of halogens is 3. The lowest BCUT2D eigenvalue weighted by Crippen LogP contribution is -2.20. The summed E-state index contributed by atoms with van der Waals surface area (Å²) in [7, 11) is 0. The molecule has 0 aromatic heterocycles. The summed E-state index contributed by atoms with van der Waals surface area (Å²) in [5.41, 5.74) is 5.54. The van der Waals surface area contributed by atoms with Crippen LogP contribution in [0.3, 0.4) is 0 Å². The van der Waals surface area contributed by atoms with Crippen molar-refractivity contribution in [2.75, 3.05) is 18.5 Å². The molecule has 0 spiro atoms. The molecular formula is C13H17F3N2O2. The molecule has 0 heterocycles. The second-order valence-electron chi connectivity index (χ2n) is 4.19. The van der Waals surface area contributed by atoms with Gasteiger partial charge in [-0.15, -0.1) is 0 Å². The summed E-state index contributed by atoms with van der Waals surface area (Å²) >= 11 is 0. The summed E-state index contributed by atoms with van der Waals surface area (Å²) in [5, 5.41) is 2.53. The highest BCUT2D eigenvalue weighted by atomic mass is 19.4. The molecule has 0 unspecified atom stereocenters. The molecule has 0 aliphatic rings. The highest BCUT2D eigenvalue weighted by molar-refractivity contribution is 5.92. The minimum absolute atomic E-state index is 0.00278. The van der Waals surface area contributed by atoms with Crippen molar-refractivity contribution in [1.82, 2.24) is 0 Å². The van der Waals surface area contributed by atoms with Crippen molar-refractivity contribution >= 4 is 11.6 Å². The topological polar surface area (TPSA) is 64.4 Å². The van der Waals surface area contributed by atoms with Gasteiger partial charge in [0.05, 0.1) is 5.69 Å². The zero-order valence-corrected chi connectivity index (χ0v) is 10.9. The molecule has 0 saturated carbocycles. The number of hydrogen-bond acceptors (Lipinski definition) is 3.